The van der Waals surface area contributed by atoms with Crippen LogP contribution in [-0.4, -0.2) is 23.2 Å². The molecule has 94 valence electrons. The number of nitrogens with zero attached hydrogens (tertiary/aromatic N) is 5. The Morgan fingerprint density at radius 1 is 1.47 bits per heavy atom. The minimum atomic E-state index is 0.0870. The Morgan fingerprint density at radius 3 is 3.11 bits per heavy atom. The Morgan fingerprint density at radius 2 is 2.32 bits per heavy atom. The van der Waals surface area contributed by atoms with Crippen LogP contribution in [0, 0.1) is 0 Å². The van der Waals surface area contributed by atoms with Gasteiger partial charge in [-0.25, -0.2) is 0 Å². The lowest BCUT2D eigenvalue weighted by atomic mass is 10.1. The number of fused-ring (bicyclic) bond motifs is 1. The fourth-order valence-electron chi connectivity index (χ4n) is 2.19. The first-order chi connectivity index (χ1) is 9.19. The third-order valence-electron chi connectivity index (χ3n) is 3.17. The largest absolute Gasteiger partial charge is 0.315 e. The van der Waals surface area contributed by atoms with Crippen LogP contribution in [0.25, 0.3) is 21.7 Å². The number of carbonyl (C=O) groups is 1. The molecule has 1 N–H and O–H groups in total. The first kappa shape index (κ1) is 11.3. The summed E-state index contributed by atoms with van der Waals surface area (Å²) in [5.74, 6) is 0.454. The number of azide groups is 1. The summed E-state index contributed by atoms with van der Waals surface area (Å²) < 4.78 is 0. The standard InChI is InChI=1S/C12H10N6O/c1-18-10-3-2-7(4-8(10)5-12(18)19)9-6-11(15-14-9)16-17-13/h2-4,6H,5H2,1H3,(H,14,15). The van der Waals surface area contributed by atoms with Gasteiger partial charge in [0.25, 0.3) is 0 Å². The fraction of sp³-hybridized carbons (Fsp3) is 0.167. The van der Waals surface area contributed by atoms with Crippen molar-refractivity contribution in [3.05, 3.63) is 40.3 Å². The molecule has 3 rings (SSSR count). The molecule has 1 amide bonds. The Kier molecular flexibility index (Phi) is 2.47. The molecule has 0 radical (unpaired) electrons. The highest BCUT2D eigenvalue weighted by molar-refractivity contribution is 6.01. The van der Waals surface area contributed by atoms with Crippen LogP contribution in [0.5, 0.6) is 0 Å². The zero-order valence-corrected chi connectivity index (χ0v) is 10.2. The van der Waals surface area contributed by atoms with Crippen LogP contribution < -0.4 is 4.90 Å². The maximum atomic E-state index is 11.6. The van der Waals surface area contributed by atoms with Gasteiger partial charge in [-0.1, -0.05) is 6.07 Å². The summed E-state index contributed by atoms with van der Waals surface area (Å²) in [7, 11) is 1.77. The molecule has 0 saturated heterocycles. The van der Waals surface area contributed by atoms with E-state index in [-0.39, 0.29) is 5.91 Å². The number of anilines is 1. The highest BCUT2D eigenvalue weighted by atomic mass is 16.2. The normalized spacial score (nSPS) is 13.3. The van der Waals surface area contributed by atoms with Crippen molar-refractivity contribution in [3.8, 4) is 11.3 Å². The summed E-state index contributed by atoms with van der Waals surface area (Å²) in [4.78, 5) is 16.0. The molecule has 7 nitrogen and oxygen atoms in total. The number of rotatable bonds is 2. The van der Waals surface area contributed by atoms with Crippen molar-refractivity contribution in [1.29, 1.82) is 0 Å². The first-order valence-corrected chi connectivity index (χ1v) is 5.69. The van der Waals surface area contributed by atoms with E-state index in [1.807, 2.05) is 18.2 Å². The van der Waals surface area contributed by atoms with Gasteiger partial charge in [0, 0.05) is 23.2 Å². The van der Waals surface area contributed by atoms with E-state index in [1.165, 1.54) is 0 Å². The zero-order valence-electron chi connectivity index (χ0n) is 10.2. The summed E-state index contributed by atoms with van der Waals surface area (Å²) >= 11 is 0. The van der Waals surface area contributed by atoms with Crippen molar-refractivity contribution < 1.29 is 4.79 Å². The van der Waals surface area contributed by atoms with E-state index in [9.17, 15) is 4.79 Å². The summed E-state index contributed by atoms with van der Waals surface area (Å²) in [5, 5.41) is 10.2. The maximum Gasteiger partial charge on any atom is 0.231 e. The molecule has 1 aliphatic heterocycles. The van der Waals surface area contributed by atoms with Crippen LogP contribution in [0.15, 0.2) is 29.4 Å². The molecule has 0 spiro atoms. The van der Waals surface area contributed by atoms with Gasteiger partial charge in [0.15, 0.2) is 0 Å². The highest BCUT2D eigenvalue weighted by Crippen LogP contribution is 2.32. The predicted molar refractivity (Wildman–Crippen MR) is 69.9 cm³/mol. The molecule has 7 heteroatoms. The number of nitrogens with one attached hydrogen (secondary N) is 1. The third-order valence-corrected chi connectivity index (χ3v) is 3.17. The molecule has 0 fully saturated rings. The van der Waals surface area contributed by atoms with Gasteiger partial charge in [-0.3, -0.25) is 9.89 Å². The molecule has 19 heavy (non-hydrogen) atoms. The second-order valence-corrected chi connectivity index (χ2v) is 4.30. The van der Waals surface area contributed by atoms with E-state index in [2.05, 4.69) is 20.2 Å². The zero-order chi connectivity index (χ0) is 13.4. The average Bonchev–Trinajstić information content (AvgIpc) is 2.96. The molecule has 2 heterocycles. The molecule has 1 aromatic heterocycles. The SMILES string of the molecule is CN1C(=O)Cc2cc(-c3cc(N=[N+]=[N-])[nH]n3)ccc21. The van der Waals surface area contributed by atoms with E-state index < -0.39 is 0 Å². The number of benzene rings is 1. The first-order valence-electron chi connectivity index (χ1n) is 5.69. The second kappa shape index (κ2) is 4.15. The lowest BCUT2D eigenvalue weighted by molar-refractivity contribution is -0.117. The molecule has 0 saturated carbocycles. The minimum absolute atomic E-state index is 0.0870. The lowest BCUT2D eigenvalue weighted by Gasteiger charge is -2.09. The van der Waals surface area contributed by atoms with Gasteiger partial charge in [0.2, 0.25) is 5.91 Å². The number of amides is 1. The summed E-state index contributed by atoms with van der Waals surface area (Å²) in [5.41, 5.74) is 11.8. The lowest BCUT2D eigenvalue weighted by Crippen LogP contribution is -2.20. The molecule has 0 bridgehead atoms. The van der Waals surface area contributed by atoms with Crippen molar-refractivity contribution >= 4 is 17.4 Å². The van der Waals surface area contributed by atoms with Crippen LogP contribution in [0.1, 0.15) is 5.56 Å². The molecule has 0 atom stereocenters. The van der Waals surface area contributed by atoms with E-state index in [0.717, 1.165) is 16.8 Å². The molecule has 2 aromatic rings. The Balaban J connectivity index is 2.01. The van der Waals surface area contributed by atoms with E-state index >= 15 is 0 Å². The Labute approximate surface area is 108 Å². The summed E-state index contributed by atoms with van der Waals surface area (Å²) in [6.45, 7) is 0. The van der Waals surface area contributed by atoms with Gasteiger partial charge >= 0.3 is 0 Å². The molecule has 1 aliphatic rings. The number of carbonyl (C=O) groups excluding carboxylic acids is 1. The van der Waals surface area contributed by atoms with Crippen LogP contribution in [0.3, 0.4) is 0 Å². The topological polar surface area (TPSA) is 97.8 Å². The second-order valence-electron chi connectivity index (χ2n) is 4.30. The molecule has 0 aliphatic carbocycles. The third kappa shape index (κ3) is 1.82. The number of aromatic amines is 1. The van der Waals surface area contributed by atoms with Crippen LogP contribution >= 0.6 is 0 Å². The maximum absolute atomic E-state index is 11.6. The molecule has 0 unspecified atom stereocenters. The van der Waals surface area contributed by atoms with Crippen LogP contribution in [0.2, 0.25) is 0 Å². The van der Waals surface area contributed by atoms with Crippen LogP contribution in [0.4, 0.5) is 11.5 Å². The quantitative estimate of drug-likeness (QED) is 0.506. The van der Waals surface area contributed by atoms with Crippen molar-refractivity contribution in [2.24, 2.45) is 5.11 Å². The fourth-order valence-corrected chi connectivity index (χ4v) is 2.19. The van der Waals surface area contributed by atoms with Crippen molar-refractivity contribution in [1.82, 2.24) is 10.2 Å². The number of aromatic nitrogens is 2. The predicted octanol–water partition coefficient (Wildman–Crippen LogP) is 2.54. The van der Waals surface area contributed by atoms with Gasteiger partial charge < -0.3 is 4.90 Å². The molecular formula is C12H10N6O. The summed E-state index contributed by atoms with van der Waals surface area (Å²) in [6, 6.07) is 7.40. The van der Waals surface area contributed by atoms with Gasteiger partial charge in [0.05, 0.1) is 12.1 Å². The monoisotopic (exact) mass is 254 g/mol. The number of hydrogen-bond acceptors (Lipinski definition) is 3. The van der Waals surface area contributed by atoms with E-state index in [1.54, 1.807) is 18.0 Å². The Bertz CT molecular complexity index is 713. The van der Waals surface area contributed by atoms with E-state index in [0.29, 0.717) is 17.9 Å². The van der Waals surface area contributed by atoms with Gasteiger partial charge in [0.1, 0.15) is 5.82 Å². The average molecular weight is 254 g/mol. The molecule has 1 aromatic carbocycles. The minimum Gasteiger partial charge on any atom is -0.315 e. The Hall–Kier alpha value is -2.79. The number of hydrogen-bond donors (Lipinski definition) is 1. The van der Waals surface area contributed by atoms with Gasteiger partial charge in [-0.15, -0.1) is 0 Å². The van der Waals surface area contributed by atoms with E-state index in [4.69, 9.17) is 5.53 Å². The van der Waals surface area contributed by atoms with Gasteiger partial charge in [-0.05, 0) is 34.4 Å². The van der Waals surface area contributed by atoms with Crippen molar-refractivity contribution in [3.63, 3.8) is 0 Å². The van der Waals surface area contributed by atoms with Crippen LogP contribution in [-0.2, 0) is 11.2 Å². The van der Waals surface area contributed by atoms with Gasteiger partial charge in [-0.2, -0.15) is 5.10 Å². The number of likely N-dealkylation sites (N-methyl/N-ethyl adjacent to an activating group) is 1. The highest BCUT2D eigenvalue weighted by Gasteiger charge is 2.24. The van der Waals surface area contributed by atoms with Crippen molar-refractivity contribution in [2.75, 3.05) is 11.9 Å². The molecular weight excluding hydrogens is 244 g/mol. The smallest absolute Gasteiger partial charge is 0.231 e. The summed E-state index contributed by atoms with van der Waals surface area (Å²) in [6.07, 6.45) is 0.410. The number of H-pyrrole nitrogens is 1. The van der Waals surface area contributed by atoms with Crippen molar-refractivity contribution in [2.45, 2.75) is 6.42 Å².